The Labute approximate surface area is 192 Å². The molecule has 0 radical (unpaired) electrons. The number of thiazole rings is 1. The molecule has 0 unspecified atom stereocenters. The van der Waals surface area contributed by atoms with Crippen molar-refractivity contribution in [2.75, 3.05) is 5.32 Å². The van der Waals surface area contributed by atoms with Crippen LogP contribution in [0.1, 0.15) is 41.5 Å². The van der Waals surface area contributed by atoms with Crippen LogP contribution in [0.2, 0.25) is 0 Å². The van der Waals surface area contributed by atoms with Gasteiger partial charge in [0.25, 0.3) is 0 Å². The Balaban J connectivity index is 1.89. The number of benzene rings is 2. The molecule has 4 rings (SSSR count). The highest BCUT2D eigenvalue weighted by Crippen LogP contribution is 2.39. The van der Waals surface area contributed by atoms with E-state index in [9.17, 15) is 8.42 Å². The van der Waals surface area contributed by atoms with Gasteiger partial charge < -0.3 is 10.1 Å². The topological polar surface area (TPSA) is 81.2 Å². The predicted octanol–water partition coefficient (Wildman–Crippen LogP) is 6.34. The molecule has 0 aliphatic rings. The van der Waals surface area contributed by atoms with Crippen molar-refractivity contribution < 1.29 is 13.2 Å². The van der Waals surface area contributed by atoms with E-state index < -0.39 is 20.2 Å². The maximum atomic E-state index is 13.5. The molecule has 0 saturated carbocycles. The number of rotatable bonds is 4. The zero-order valence-corrected chi connectivity index (χ0v) is 20.7. The average Bonchev–Trinajstić information content (AvgIpc) is 3.13. The molecule has 0 atom stereocenters. The lowest BCUT2D eigenvalue weighted by Gasteiger charge is -2.26. The van der Waals surface area contributed by atoms with Crippen molar-refractivity contribution in [2.45, 2.75) is 56.8 Å². The Hall–Kier alpha value is -2.71. The Morgan fingerprint density at radius 1 is 0.938 bits per heavy atom. The zero-order valence-electron chi connectivity index (χ0n) is 19.1. The van der Waals surface area contributed by atoms with Crippen molar-refractivity contribution in [3.8, 4) is 5.75 Å². The van der Waals surface area contributed by atoms with Gasteiger partial charge in [-0.3, -0.25) is 4.98 Å². The van der Waals surface area contributed by atoms with Crippen molar-refractivity contribution in [3.05, 3.63) is 48.1 Å². The van der Waals surface area contributed by atoms with E-state index in [0.717, 1.165) is 21.6 Å². The van der Waals surface area contributed by atoms with Crippen LogP contribution in [0.3, 0.4) is 0 Å². The molecule has 4 aromatic rings. The monoisotopic (exact) mass is 469 g/mol. The van der Waals surface area contributed by atoms with Crippen molar-refractivity contribution in [2.24, 2.45) is 0 Å². The summed E-state index contributed by atoms with van der Waals surface area (Å²) < 4.78 is 33.1. The lowest BCUT2D eigenvalue weighted by Crippen LogP contribution is -2.30. The minimum absolute atomic E-state index is 0.165. The molecule has 168 valence electrons. The van der Waals surface area contributed by atoms with Gasteiger partial charge in [-0.2, -0.15) is 0 Å². The van der Waals surface area contributed by atoms with Gasteiger partial charge in [-0.05, 0) is 71.9 Å². The molecule has 8 heteroatoms. The molecule has 1 N–H and O–H groups in total. The van der Waals surface area contributed by atoms with E-state index >= 15 is 0 Å². The van der Waals surface area contributed by atoms with Gasteiger partial charge in [-0.25, -0.2) is 13.4 Å². The Morgan fingerprint density at radius 2 is 1.69 bits per heavy atom. The number of ether oxygens (including phenoxy) is 1. The van der Waals surface area contributed by atoms with Crippen molar-refractivity contribution in [1.82, 2.24) is 9.97 Å². The fourth-order valence-electron chi connectivity index (χ4n) is 3.30. The molecule has 2 heterocycles. The standard InChI is InChI=1S/C24H27N3O3S2/c1-23(2,3)30-20-13-18-16(12-22(20)32(28,29)24(4,5)6)17(9-10-25-18)27-15-7-8-21-19(11-15)26-14-31-21/h7-14H,1-6H3,(H,25,27). The average molecular weight is 470 g/mol. The van der Waals surface area contributed by atoms with Crippen molar-refractivity contribution in [1.29, 1.82) is 0 Å². The molecule has 0 aliphatic carbocycles. The van der Waals surface area contributed by atoms with Gasteiger partial charge in [-0.15, -0.1) is 11.3 Å². The second-order valence-electron chi connectivity index (χ2n) is 9.66. The lowest BCUT2D eigenvalue weighted by atomic mass is 10.1. The van der Waals surface area contributed by atoms with Gasteiger partial charge in [0.1, 0.15) is 16.2 Å². The smallest absolute Gasteiger partial charge is 0.186 e. The minimum Gasteiger partial charge on any atom is -0.487 e. The van der Waals surface area contributed by atoms with E-state index in [1.165, 1.54) is 0 Å². The minimum atomic E-state index is -3.67. The fourth-order valence-corrected chi connectivity index (χ4v) is 5.26. The molecular weight excluding hydrogens is 442 g/mol. The van der Waals surface area contributed by atoms with E-state index in [-0.39, 0.29) is 4.90 Å². The third kappa shape index (κ3) is 4.29. The largest absolute Gasteiger partial charge is 0.487 e. The normalized spacial score (nSPS) is 12.9. The van der Waals surface area contributed by atoms with Crippen molar-refractivity contribution in [3.63, 3.8) is 0 Å². The summed E-state index contributed by atoms with van der Waals surface area (Å²) in [4.78, 5) is 9.01. The highest BCUT2D eigenvalue weighted by atomic mass is 32.2. The van der Waals surface area contributed by atoms with E-state index in [1.807, 2.05) is 50.5 Å². The van der Waals surface area contributed by atoms with E-state index in [2.05, 4.69) is 15.3 Å². The quantitative estimate of drug-likeness (QED) is 0.376. The summed E-state index contributed by atoms with van der Waals surface area (Å²) in [5.74, 6) is 0.313. The third-order valence-corrected chi connectivity index (χ3v) is 8.25. The molecule has 0 spiro atoms. The highest BCUT2D eigenvalue weighted by molar-refractivity contribution is 7.92. The summed E-state index contributed by atoms with van der Waals surface area (Å²) >= 11 is 1.59. The number of hydrogen-bond donors (Lipinski definition) is 1. The SMILES string of the molecule is CC(C)(C)Oc1cc2nccc(Nc3ccc4scnc4c3)c2cc1S(=O)(=O)C(C)(C)C. The molecule has 2 aromatic carbocycles. The summed E-state index contributed by atoms with van der Waals surface area (Å²) in [6.07, 6.45) is 1.70. The van der Waals surface area contributed by atoms with Crippen LogP contribution in [0.25, 0.3) is 21.1 Å². The summed E-state index contributed by atoms with van der Waals surface area (Å²) in [5, 5.41) is 4.11. The molecule has 0 saturated heterocycles. The fraction of sp³-hybridized carbons (Fsp3) is 0.333. The second-order valence-corrected chi connectivity index (χ2v) is 13.2. The number of sulfone groups is 1. The molecular formula is C24H27N3O3S2. The first-order valence-corrected chi connectivity index (χ1v) is 12.7. The Kier molecular flexibility index (Phi) is 5.41. The first-order valence-electron chi connectivity index (χ1n) is 10.3. The van der Waals surface area contributed by atoms with Crippen LogP contribution in [0.15, 0.2) is 53.0 Å². The molecule has 32 heavy (non-hydrogen) atoms. The van der Waals surface area contributed by atoms with Crippen LogP contribution < -0.4 is 10.1 Å². The predicted molar refractivity (Wildman–Crippen MR) is 132 cm³/mol. The first kappa shape index (κ1) is 22.5. The van der Waals surface area contributed by atoms with Gasteiger partial charge in [0.05, 0.1) is 26.0 Å². The summed E-state index contributed by atoms with van der Waals surface area (Å²) in [6, 6.07) is 11.2. The zero-order chi connectivity index (χ0) is 23.3. The Morgan fingerprint density at radius 3 is 2.38 bits per heavy atom. The summed E-state index contributed by atoms with van der Waals surface area (Å²) in [5.41, 5.74) is 4.45. The molecule has 0 bridgehead atoms. The van der Waals surface area contributed by atoms with Gasteiger partial charge in [0.2, 0.25) is 0 Å². The number of aromatic nitrogens is 2. The maximum absolute atomic E-state index is 13.5. The van der Waals surface area contributed by atoms with Crippen LogP contribution in [0, 0.1) is 0 Å². The summed E-state index contributed by atoms with van der Waals surface area (Å²) in [7, 11) is -3.67. The summed E-state index contributed by atoms with van der Waals surface area (Å²) in [6.45, 7) is 10.8. The van der Waals surface area contributed by atoms with Crippen LogP contribution in [0.5, 0.6) is 5.75 Å². The number of nitrogens with one attached hydrogen (secondary N) is 1. The number of pyridine rings is 1. The van der Waals surface area contributed by atoms with E-state index in [1.54, 1.807) is 50.4 Å². The van der Waals surface area contributed by atoms with Gasteiger partial charge >= 0.3 is 0 Å². The third-order valence-electron chi connectivity index (χ3n) is 4.93. The number of nitrogens with zero attached hydrogens (tertiary/aromatic N) is 2. The van der Waals surface area contributed by atoms with Crippen molar-refractivity contribution >= 4 is 53.7 Å². The van der Waals surface area contributed by atoms with E-state index in [0.29, 0.717) is 16.7 Å². The second kappa shape index (κ2) is 7.71. The Bertz CT molecular complexity index is 1410. The molecule has 0 aliphatic heterocycles. The van der Waals surface area contributed by atoms with Crippen LogP contribution in [-0.2, 0) is 9.84 Å². The molecule has 2 aromatic heterocycles. The number of hydrogen-bond acceptors (Lipinski definition) is 7. The lowest BCUT2D eigenvalue weighted by molar-refractivity contribution is 0.126. The maximum Gasteiger partial charge on any atom is 0.186 e. The highest BCUT2D eigenvalue weighted by Gasteiger charge is 2.35. The van der Waals surface area contributed by atoms with Crippen LogP contribution in [0.4, 0.5) is 11.4 Å². The van der Waals surface area contributed by atoms with Gasteiger partial charge in [-0.1, -0.05) is 0 Å². The number of anilines is 2. The van der Waals surface area contributed by atoms with Gasteiger partial charge in [0, 0.05) is 29.0 Å². The van der Waals surface area contributed by atoms with E-state index in [4.69, 9.17) is 4.74 Å². The van der Waals surface area contributed by atoms with Crippen LogP contribution >= 0.6 is 11.3 Å². The van der Waals surface area contributed by atoms with Crippen LogP contribution in [-0.4, -0.2) is 28.7 Å². The molecule has 0 fully saturated rings. The molecule has 6 nitrogen and oxygen atoms in total. The first-order chi connectivity index (χ1) is 14.8. The van der Waals surface area contributed by atoms with Gasteiger partial charge in [0.15, 0.2) is 9.84 Å². The number of fused-ring (bicyclic) bond motifs is 2. The molecule has 0 amide bonds.